The number of unbranched alkanes of at least 4 members (excludes halogenated alkanes) is 13. The van der Waals surface area contributed by atoms with Crippen molar-refractivity contribution >= 4 is 93.7 Å². The van der Waals surface area contributed by atoms with Gasteiger partial charge in [-0.1, -0.05) is 151 Å². The number of amides is 13. The summed E-state index contributed by atoms with van der Waals surface area (Å²) in [6.07, 6.45) is 16.0. The van der Waals surface area contributed by atoms with Crippen molar-refractivity contribution < 1.29 is 101 Å². The number of aliphatic hydroxyl groups excluding tert-OH is 1. The summed E-state index contributed by atoms with van der Waals surface area (Å²) in [7, 11) is 1.49. The van der Waals surface area contributed by atoms with Gasteiger partial charge in [-0.15, -0.1) is 0 Å². The number of aliphatic hydroxyl groups is 1. The molecule has 10 atom stereocenters. The van der Waals surface area contributed by atoms with Crippen LogP contribution in [0, 0.1) is 5.82 Å². The van der Waals surface area contributed by atoms with Gasteiger partial charge in [-0.25, -0.2) is 4.39 Å². The predicted molar refractivity (Wildman–Crippen MR) is 492 cm³/mol. The third-order valence-electron chi connectivity index (χ3n) is 25.5. The summed E-state index contributed by atoms with van der Waals surface area (Å²) in [5.74, 6) is -10.4. The Balaban J connectivity index is 0.910. The molecule has 0 unspecified atom stereocenters. The van der Waals surface area contributed by atoms with Crippen LogP contribution < -0.4 is 57.9 Å². The van der Waals surface area contributed by atoms with E-state index in [-0.39, 0.29) is 135 Å². The Labute approximate surface area is 777 Å². The van der Waals surface area contributed by atoms with Gasteiger partial charge in [0, 0.05) is 127 Å². The summed E-state index contributed by atoms with van der Waals surface area (Å²) in [5.41, 5.74) is 2.59. The van der Waals surface area contributed by atoms with Gasteiger partial charge in [-0.2, -0.15) is 0 Å². The lowest BCUT2D eigenvalue weighted by molar-refractivity contribution is -0.148. The molecular weight excluding hydrogens is 1710 g/mol. The van der Waals surface area contributed by atoms with Gasteiger partial charge in [0.2, 0.25) is 76.8 Å². The van der Waals surface area contributed by atoms with Gasteiger partial charge in [0.25, 0.3) is 0 Å². The number of hydrogen-bond acceptors (Lipinski definition) is 19. The molecule has 726 valence electrons. The molecule has 2 fully saturated rings. The second-order valence-electron chi connectivity index (χ2n) is 35.8. The summed E-state index contributed by atoms with van der Waals surface area (Å²) in [5, 5.41) is 48.7. The summed E-state index contributed by atoms with van der Waals surface area (Å²) in [6, 6.07) is 13.5. The summed E-state index contributed by atoms with van der Waals surface area (Å²) < 4.78 is 41.0. The number of ether oxygens (including phenoxy) is 4. The van der Waals surface area contributed by atoms with Gasteiger partial charge < -0.3 is 102 Å². The van der Waals surface area contributed by atoms with Crippen molar-refractivity contribution in [2.45, 2.75) is 293 Å². The Bertz CT molecular complexity index is 4740. The number of nitrogens with zero attached hydrogens (tertiary/aromatic N) is 4. The maximum atomic E-state index is 16.3. The Kier molecular flexibility index (Phi) is 41.7. The smallest absolute Gasteiger partial charge is 0.303 e. The number of methoxy groups -OCH3 is 1. The van der Waals surface area contributed by atoms with Crippen molar-refractivity contribution in [2.24, 2.45) is 0 Å². The molecule has 5 aromatic rings. The van der Waals surface area contributed by atoms with E-state index in [0.29, 0.717) is 90.4 Å². The molecule has 0 spiro atoms. The van der Waals surface area contributed by atoms with Gasteiger partial charge in [0.05, 0.1) is 45.7 Å². The average Bonchev–Trinajstić information content (AvgIpc) is 1.63. The summed E-state index contributed by atoms with van der Waals surface area (Å²) >= 11 is 0. The molecule has 13 amide bonds. The van der Waals surface area contributed by atoms with Crippen LogP contribution in [0.5, 0.6) is 5.75 Å². The zero-order valence-corrected chi connectivity index (χ0v) is 77.5. The average molecular weight is 1850 g/mol. The molecule has 133 heavy (non-hydrogen) atoms. The minimum absolute atomic E-state index is 0.0649. The lowest BCUT2D eigenvalue weighted by Crippen LogP contribution is -2.64. The van der Waals surface area contributed by atoms with Crippen LogP contribution in [0.15, 0.2) is 97.2 Å². The maximum Gasteiger partial charge on any atom is 0.303 e. The van der Waals surface area contributed by atoms with Crippen LogP contribution in [0.4, 0.5) is 4.39 Å². The highest BCUT2D eigenvalue weighted by molar-refractivity contribution is 6.00. The summed E-state index contributed by atoms with van der Waals surface area (Å²) in [6.45, 7) is 4.28. The number of aryl methyl sites for hydroxylation is 1. The van der Waals surface area contributed by atoms with Gasteiger partial charge in [0.1, 0.15) is 66.0 Å². The number of carbonyl (C=O) groups is 14. The molecular formula is C98H137FN14O20. The maximum absolute atomic E-state index is 16.3. The Hall–Kier alpha value is -11.4. The van der Waals surface area contributed by atoms with E-state index in [4.69, 9.17) is 24.1 Å². The zero-order chi connectivity index (χ0) is 95.2. The quantitative estimate of drug-likeness (QED) is 0.0214. The van der Waals surface area contributed by atoms with Crippen molar-refractivity contribution in [3.05, 3.63) is 136 Å². The highest BCUT2D eigenvalue weighted by Crippen LogP contribution is 2.33. The fourth-order valence-corrected chi connectivity index (χ4v) is 17.8. The fourth-order valence-electron chi connectivity index (χ4n) is 17.8. The Morgan fingerprint density at radius 2 is 1.24 bits per heavy atom. The van der Waals surface area contributed by atoms with E-state index in [0.717, 1.165) is 67.4 Å². The molecule has 6 aliphatic rings. The van der Waals surface area contributed by atoms with Crippen LogP contribution in [-0.4, -0.2) is 252 Å². The van der Waals surface area contributed by atoms with E-state index < -0.39 is 156 Å². The summed E-state index contributed by atoms with van der Waals surface area (Å²) in [4.78, 5) is 207. The fraction of sp³-hybridized carbons (Fsp3) is 0.592. The first kappa shape index (κ1) is 104. The van der Waals surface area contributed by atoms with E-state index >= 15 is 33.2 Å². The van der Waals surface area contributed by atoms with Gasteiger partial charge in [-0.05, 0) is 136 Å². The monoisotopic (exact) mass is 1850 g/mol. The van der Waals surface area contributed by atoms with Crippen molar-refractivity contribution in [1.82, 2.24) is 72.4 Å². The highest BCUT2D eigenvalue weighted by Gasteiger charge is 2.50. The molecule has 2 saturated heterocycles. The molecule has 11 rings (SSSR count). The third-order valence-corrected chi connectivity index (χ3v) is 25.5. The standard InChI is InChI=1S/C98H137FN14O20/c1-65-90(122)108-79(61-103-83(116)43-51-131-53-54-132-52-46-100-82(115)27-19-15-13-11-9-7-5-6-8-10-12-14-16-20-28-87(120)121)92(124)105-76-57-70-25-23-26-71(55-70)60-102-85(118)64-133-81-42-50-112-89(81)94(126)109-88(66(2)114)93(125)107-77(56-68-33-36-74(130-4)37-34-68)96(128)113-49-24-44-98(113,3)97(129)101-45-41-67-29-31-69(32-30-67)62-111(86(119)40-39-84(117)104-65)48-22-18-17-21-47-110-63-72(58-78(95(112)127)106-91(76)123)75-59-73(99)35-38-80(75)110/h23,25-26,29-38,55,59,63,65-66,76-79,81,88-89,114H,5-22,24,27-28,39-54,56-58,60-62,64H2,1-4H3,(H,100,115)(H,101,129)(H,102,118)(H,103,116)(H,104,117)(H,105,124)(H,106,123)(H,107,125)(H,108,122)(H,109,126)(H,120,121)/t65-,66+,76-,77-,78-,79+,81-,88-,89-,98-/m0/s1. The number of benzene rings is 4. The second-order valence-corrected chi connectivity index (χ2v) is 35.8. The van der Waals surface area contributed by atoms with Crippen molar-refractivity contribution in [3.8, 4) is 5.75 Å². The zero-order valence-electron chi connectivity index (χ0n) is 77.5. The van der Waals surface area contributed by atoms with E-state index in [1.54, 1.807) is 72.6 Å². The van der Waals surface area contributed by atoms with E-state index in [1.165, 1.54) is 76.5 Å². The first-order valence-corrected chi connectivity index (χ1v) is 47.7. The minimum atomic E-state index is -1.88. The largest absolute Gasteiger partial charge is 0.497 e. The normalized spacial score (nSPS) is 22.6. The number of carboxylic acid groups (broad SMARTS) is 1. The SMILES string of the molecule is COc1ccc(C[C@@H]2NC(=O)[C@H]([C@@H](C)O)NC(=O)[C@@H]3[C@@H]4CCN3C(=O)[C@@H]3Cc5cn(c6ccc(F)cc56)CCCCCCN(Cc5ccc(cc5)CCNC(=O)[C@]5(C)CCCN5C2=O)C(=O)CCC(=O)N[C@@H](C)C(=O)N[C@H](CNC(=O)CCOCCOCCNC(=O)CCCCCCCCCCCCCCCCC(=O)O)C(=O)N[C@@H](Cc2cccc(c2)CNC(=O)CO4)C(=O)N3)cc1. The number of aromatic nitrogens is 1. The van der Waals surface area contributed by atoms with Crippen molar-refractivity contribution in [1.29, 1.82) is 0 Å². The van der Waals surface area contributed by atoms with Crippen LogP contribution in [0.1, 0.15) is 221 Å². The molecule has 35 heteroatoms. The second kappa shape index (κ2) is 53.5. The molecule has 4 aromatic carbocycles. The number of hydrogen-bond donors (Lipinski definition) is 12. The highest BCUT2D eigenvalue weighted by atomic mass is 19.1. The minimum Gasteiger partial charge on any atom is -0.497 e. The molecule has 7 heterocycles. The molecule has 0 aliphatic carbocycles. The van der Waals surface area contributed by atoms with Crippen LogP contribution in [0.3, 0.4) is 0 Å². The third kappa shape index (κ3) is 32.7. The number of fused-ring (bicyclic) bond motifs is 16. The van der Waals surface area contributed by atoms with Crippen molar-refractivity contribution in [2.75, 3.05) is 79.4 Å². The Morgan fingerprint density at radius 3 is 1.94 bits per heavy atom. The van der Waals surface area contributed by atoms with Gasteiger partial charge >= 0.3 is 5.97 Å². The lowest BCUT2D eigenvalue weighted by atomic mass is 9.95. The molecule has 0 radical (unpaired) electrons. The Morgan fingerprint density at radius 1 is 0.586 bits per heavy atom. The van der Waals surface area contributed by atoms with Gasteiger partial charge in [-0.3, -0.25) is 67.1 Å². The number of carbonyl (C=O) groups excluding carboxylic acids is 13. The van der Waals surface area contributed by atoms with Gasteiger partial charge in [0.15, 0.2) is 0 Å². The van der Waals surface area contributed by atoms with E-state index in [1.807, 2.05) is 28.8 Å². The molecule has 1 aromatic heterocycles. The number of carboxylic acids is 1. The predicted octanol–water partition coefficient (Wildman–Crippen LogP) is 6.16. The first-order valence-electron chi connectivity index (χ1n) is 47.7. The molecule has 6 aliphatic heterocycles. The number of halogens is 1. The molecule has 12 bridgehead atoms. The van der Waals surface area contributed by atoms with Crippen molar-refractivity contribution in [3.63, 3.8) is 0 Å². The van der Waals surface area contributed by atoms with E-state index in [9.17, 15) is 43.5 Å². The number of aliphatic carboxylic acids is 1. The first-order chi connectivity index (χ1) is 64.1. The lowest BCUT2D eigenvalue weighted by Gasteiger charge is -2.37. The number of rotatable bonds is 32. The van der Waals surface area contributed by atoms with E-state index in [2.05, 4.69) is 53.2 Å². The molecule has 34 nitrogen and oxygen atoms in total. The molecule has 0 saturated carbocycles. The van der Waals surface area contributed by atoms with Crippen LogP contribution in [0.25, 0.3) is 10.9 Å². The van der Waals surface area contributed by atoms with Crippen LogP contribution >= 0.6 is 0 Å². The van der Waals surface area contributed by atoms with Crippen LogP contribution in [-0.2, 0) is 127 Å². The molecule has 12 N–H and O–H groups in total. The topological polar surface area (TPSA) is 451 Å². The van der Waals surface area contributed by atoms with Crippen LogP contribution in [0.2, 0.25) is 0 Å². The number of nitrogens with one attached hydrogen (secondary N) is 10.